The Bertz CT molecular complexity index is 871. The summed E-state index contributed by atoms with van der Waals surface area (Å²) in [6, 6.07) is 5.93. The summed E-state index contributed by atoms with van der Waals surface area (Å²) in [6.45, 7) is 1.61. The van der Waals surface area contributed by atoms with Gasteiger partial charge in [0, 0.05) is 32.7 Å². The predicted molar refractivity (Wildman–Crippen MR) is 97.7 cm³/mol. The molecule has 0 saturated carbocycles. The van der Waals surface area contributed by atoms with Gasteiger partial charge in [0.1, 0.15) is 5.82 Å². The number of nitrogens with one attached hydrogen (secondary N) is 1. The summed E-state index contributed by atoms with van der Waals surface area (Å²) in [4.78, 5) is 26.3. The molecule has 1 aliphatic rings. The molecule has 138 valence electrons. The molecule has 1 unspecified atom stereocenters. The van der Waals surface area contributed by atoms with E-state index in [1.165, 1.54) is 22.9 Å². The van der Waals surface area contributed by atoms with Crippen LogP contribution >= 0.6 is 11.6 Å². The number of nitrogens with zero attached hydrogens (tertiary/aromatic N) is 3. The van der Waals surface area contributed by atoms with Crippen LogP contribution in [0.1, 0.15) is 18.4 Å². The van der Waals surface area contributed by atoms with Gasteiger partial charge in [0.05, 0.1) is 22.8 Å². The molecule has 1 N–H and O–H groups in total. The molecule has 0 aliphatic carbocycles. The monoisotopic (exact) mass is 378 g/mol. The van der Waals surface area contributed by atoms with Gasteiger partial charge in [-0.1, -0.05) is 17.7 Å². The Hall–Kier alpha value is -2.41. The SMILES string of the molecule is Cn1ncc(N2CCCC(C(=O)NCc3ccc(F)c(Cl)c3)C2)cc1=O. The van der Waals surface area contributed by atoms with Crippen LogP contribution in [0.3, 0.4) is 0 Å². The summed E-state index contributed by atoms with van der Waals surface area (Å²) in [7, 11) is 1.60. The number of carbonyl (C=O) groups excluding carboxylic acids is 1. The van der Waals surface area contributed by atoms with E-state index in [9.17, 15) is 14.0 Å². The van der Waals surface area contributed by atoms with E-state index in [-0.39, 0.29) is 22.4 Å². The van der Waals surface area contributed by atoms with Crippen molar-refractivity contribution in [2.75, 3.05) is 18.0 Å². The number of hydrogen-bond acceptors (Lipinski definition) is 4. The molecule has 0 bridgehead atoms. The van der Waals surface area contributed by atoms with Gasteiger partial charge in [-0.25, -0.2) is 9.07 Å². The molecule has 6 nitrogen and oxygen atoms in total. The Labute approximate surface area is 155 Å². The van der Waals surface area contributed by atoms with Gasteiger partial charge in [-0.2, -0.15) is 5.10 Å². The first kappa shape index (κ1) is 18.4. The minimum Gasteiger partial charge on any atom is -0.369 e. The van der Waals surface area contributed by atoms with Crippen molar-refractivity contribution >= 4 is 23.2 Å². The average Bonchev–Trinajstić information content (AvgIpc) is 2.65. The number of piperidine rings is 1. The van der Waals surface area contributed by atoms with Crippen molar-refractivity contribution in [2.24, 2.45) is 13.0 Å². The van der Waals surface area contributed by atoms with Crippen LogP contribution in [0, 0.1) is 11.7 Å². The van der Waals surface area contributed by atoms with E-state index < -0.39 is 5.82 Å². The van der Waals surface area contributed by atoms with Crippen molar-refractivity contribution in [1.29, 1.82) is 0 Å². The summed E-state index contributed by atoms with van der Waals surface area (Å²) in [5, 5.41) is 6.95. The van der Waals surface area contributed by atoms with Gasteiger partial charge >= 0.3 is 0 Å². The zero-order valence-corrected chi connectivity index (χ0v) is 15.2. The van der Waals surface area contributed by atoms with E-state index in [2.05, 4.69) is 10.4 Å². The first-order chi connectivity index (χ1) is 12.4. The van der Waals surface area contributed by atoms with E-state index in [0.29, 0.717) is 13.1 Å². The molecule has 2 heterocycles. The van der Waals surface area contributed by atoms with Gasteiger partial charge in [-0.05, 0) is 30.5 Å². The van der Waals surface area contributed by atoms with Crippen LogP contribution in [0.25, 0.3) is 0 Å². The summed E-state index contributed by atoms with van der Waals surface area (Å²) >= 11 is 5.76. The fraction of sp³-hybridized carbons (Fsp3) is 0.389. The van der Waals surface area contributed by atoms with E-state index in [4.69, 9.17) is 11.6 Å². The third-order valence-electron chi connectivity index (χ3n) is 4.56. The second kappa shape index (κ2) is 7.86. The maximum atomic E-state index is 13.2. The number of halogens is 2. The lowest BCUT2D eigenvalue weighted by atomic mass is 9.96. The number of amides is 1. The number of rotatable bonds is 4. The highest BCUT2D eigenvalue weighted by Crippen LogP contribution is 2.22. The van der Waals surface area contributed by atoms with Crippen LogP contribution in [-0.4, -0.2) is 28.8 Å². The Morgan fingerprint density at radius 1 is 1.42 bits per heavy atom. The normalized spacial score (nSPS) is 17.2. The molecule has 1 aromatic carbocycles. The predicted octanol–water partition coefficient (Wildman–Crippen LogP) is 2.11. The zero-order valence-electron chi connectivity index (χ0n) is 14.4. The van der Waals surface area contributed by atoms with Crippen LogP contribution in [0.4, 0.5) is 10.1 Å². The van der Waals surface area contributed by atoms with Crippen molar-refractivity contribution in [3.8, 4) is 0 Å². The maximum Gasteiger partial charge on any atom is 0.268 e. The second-order valence-corrected chi connectivity index (χ2v) is 6.83. The third kappa shape index (κ3) is 4.22. The summed E-state index contributed by atoms with van der Waals surface area (Å²) in [6.07, 6.45) is 3.28. The summed E-state index contributed by atoms with van der Waals surface area (Å²) < 4.78 is 14.5. The largest absolute Gasteiger partial charge is 0.369 e. The number of carbonyl (C=O) groups is 1. The number of aromatic nitrogens is 2. The van der Waals surface area contributed by atoms with E-state index in [1.807, 2.05) is 4.90 Å². The molecule has 1 aromatic heterocycles. The highest BCUT2D eigenvalue weighted by atomic mass is 35.5. The average molecular weight is 379 g/mol. The Kier molecular flexibility index (Phi) is 5.56. The quantitative estimate of drug-likeness (QED) is 0.884. The topological polar surface area (TPSA) is 67.2 Å². The summed E-state index contributed by atoms with van der Waals surface area (Å²) in [5.41, 5.74) is 1.30. The molecule has 26 heavy (non-hydrogen) atoms. The number of anilines is 1. The first-order valence-corrected chi connectivity index (χ1v) is 8.82. The van der Waals surface area contributed by atoms with Crippen molar-refractivity contribution in [3.05, 3.63) is 57.2 Å². The smallest absolute Gasteiger partial charge is 0.268 e. The summed E-state index contributed by atoms with van der Waals surface area (Å²) in [5.74, 6) is -0.719. The molecule has 8 heteroatoms. The van der Waals surface area contributed by atoms with Crippen molar-refractivity contribution < 1.29 is 9.18 Å². The molecule has 1 atom stereocenters. The Balaban J connectivity index is 1.61. The van der Waals surface area contributed by atoms with Gasteiger partial charge < -0.3 is 10.2 Å². The number of hydrogen-bond donors (Lipinski definition) is 1. The van der Waals surface area contributed by atoms with Gasteiger partial charge in [-0.15, -0.1) is 0 Å². The van der Waals surface area contributed by atoms with E-state index in [0.717, 1.165) is 30.6 Å². The van der Waals surface area contributed by atoms with Gasteiger partial charge in [0.2, 0.25) is 5.91 Å². The third-order valence-corrected chi connectivity index (χ3v) is 4.85. The minimum atomic E-state index is -0.479. The fourth-order valence-corrected chi connectivity index (χ4v) is 3.24. The van der Waals surface area contributed by atoms with Crippen molar-refractivity contribution in [3.63, 3.8) is 0 Å². The van der Waals surface area contributed by atoms with Crippen LogP contribution in [0.5, 0.6) is 0 Å². The van der Waals surface area contributed by atoms with Crippen molar-refractivity contribution in [2.45, 2.75) is 19.4 Å². The fourth-order valence-electron chi connectivity index (χ4n) is 3.04. The Morgan fingerprint density at radius 2 is 2.23 bits per heavy atom. The van der Waals surface area contributed by atoms with Crippen LogP contribution in [0.2, 0.25) is 5.02 Å². The molecule has 1 amide bonds. The maximum absolute atomic E-state index is 13.2. The molecular weight excluding hydrogens is 359 g/mol. The molecule has 1 saturated heterocycles. The molecule has 0 radical (unpaired) electrons. The highest BCUT2D eigenvalue weighted by Gasteiger charge is 2.26. The van der Waals surface area contributed by atoms with Gasteiger partial charge in [0.25, 0.3) is 5.56 Å². The van der Waals surface area contributed by atoms with Crippen LogP contribution in [-0.2, 0) is 18.4 Å². The lowest BCUT2D eigenvalue weighted by molar-refractivity contribution is -0.125. The van der Waals surface area contributed by atoms with E-state index in [1.54, 1.807) is 19.3 Å². The lowest BCUT2D eigenvalue weighted by Gasteiger charge is -2.33. The molecule has 1 aliphatic heterocycles. The van der Waals surface area contributed by atoms with Crippen molar-refractivity contribution in [1.82, 2.24) is 15.1 Å². The highest BCUT2D eigenvalue weighted by molar-refractivity contribution is 6.30. The Morgan fingerprint density at radius 3 is 2.96 bits per heavy atom. The molecule has 2 aromatic rings. The lowest BCUT2D eigenvalue weighted by Crippen LogP contribution is -2.43. The minimum absolute atomic E-state index is 0.0405. The molecule has 0 spiro atoms. The molecule has 3 rings (SSSR count). The molecule has 1 fully saturated rings. The molecular formula is C18H20ClFN4O2. The number of aryl methyl sites for hydroxylation is 1. The first-order valence-electron chi connectivity index (χ1n) is 8.44. The standard InChI is InChI=1S/C18H20ClFN4O2/c1-23-17(25)8-14(10-22-23)24-6-2-3-13(11-24)18(26)21-9-12-4-5-16(20)15(19)7-12/h4-5,7-8,10,13H,2-3,6,9,11H2,1H3,(H,21,26). The second-order valence-electron chi connectivity index (χ2n) is 6.43. The van der Waals surface area contributed by atoms with Crippen LogP contribution < -0.4 is 15.8 Å². The zero-order chi connectivity index (χ0) is 18.7. The van der Waals surface area contributed by atoms with E-state index >= 15 is 0 Å². The number of benzene rings is 1. The van der Waals surface area contributed by atoms with Gasteiger partial charge in [-0.3, -0.25) is 9.59 Å². The van der Waals surface area contributed by atoms with Gasteiger partial charge in [0.15, 0.2) is 0 Å². The van der Waals surface area contributed by atoms with Crippen LogP contribution in [0.15, 0.2) is 35.3 Å².